The van der Waals surface area contributed by atoms with Crippen LogP contribution in [0.4, 0.5) is 0 Å². The van der Waals surface area contributed by atoms with Crippen LogP contribution in [0.1, 0.15) is 46.0 Å². The van der Waals surface area contributed by atoms with Crippen LogP contribution in [0.15, 0.2) is 0 Å². The van der Waals surface area contributed by atoms with Gasteiger partial charge in [-0.3, -0.25) is 4.79 Å². The van der Waals surface area contributed by atoms with Crippen molar-refractivity contribution in [3.8, 4) is 0 Å². The fraction of sp³-hybridized carbons (Fsp3) is 0.917. The van der Waals surface area contributed by atoms with Crippen molar-refractivity contribution in [2.75, 3.05) is 0 Å². The zero-order valence-electron chi connectivity index (χ0n) is 9.78. The number of carboxylic acids is 1. The van der Waals surface area contributed by atoms with Crippen LogP contribution in [-0.2, 0) is 4.79 Å². The molecule has 0 radical (unpaired) electrons. The molecular weight excluding hydrogens is 190 g/mol. The first-order chi connectivity index (χ1) is 7.00. The number of hydrogen-bond donors (Lipinski definition) is 2. The van der Waals surface area contributed by atoms with Crippen LogP contribution in [0.2, 0.25) is 0 Å². The number of carbonyl (C=O) groups is 1. The van der Waals surface area contributed by atoms with Gasteiger partial charge in [-0.15, -0.1) is 0 Å². The Morgan fingerprint density at radius 1 is 1.53 bits per heavy atom. The summed E-state index contributed by atoms with van der Waals surface area (Å²) in [6.45, 7) is 4.19. The highest BCUT2D eigenvalue weighted by Crippen LogP contribution is 2.36. The Hall–Kier alpha value is -0.570. The Labute approximate surface area is 92.0 Å². The Morgan fingerprint density at radius 2 is 2.20 bits per heavy atom. The maximum Gasteiger partial charge on any atom is 0.303 e. The smallest absolute Gasteiger partial charge is 0.303 e. The summed E-state index contributed by atoms with van der Waals surface area (Å²) in [6.07, 6.45) is 5.06. The molecule has 0 spiro atoms. The molecule has 4 unspecified atom stereocenters. The van der Waals surface area contributed by atoms with E-state index < -0.39 is 5.97 Å². The van der Waals surface area contributed by atoms with E-state index in [1.165, 1.54) is 12.8 Å². The van der Waals surface area contributed by atoms with E-state index in [2.05, 4.69) is 6.92 Å². The first kappa shape index (κ1) is 12.5. The van der Waals surface area contributed by atoms with Gasteiger partial charge < -0.3 is 10.8 Å². The quantitative estimate of drug-likeness (QED) is 0.753. The summed E-state index contributed by atoms with van der Waals surface area (Å²) in [5.41, 5.74) is 5.90. The third-order valence-corrected chi connectivity index (χ3v) is 3.67. The highest BCUT2D eigenvalue weighted by atomic mass is 16.4. The molecule has 0 bridgehead atoms. The highest BCUT2D eigenvalue weighted by Gasteiger charge is 2.30. The van der Waals surface area contributed by atoms with Gasteiger partial charge >= 0.3 is 5.97 Å². The summed E-state index contributed by atoms with van der Waals surface area (Å²) >= 11 is 0. The van der Waals surface area contributed by atoms with Gasteiger partial charge in [0.25, 0.3) is 0 Å². The average Bonchev–Trinajstić information content (AvgIpc) is 2.13. The number of aliphatic carboxylic acids is 1. The predicted octanol–water partition coefficient (Wildman–Crippen LogP) is 2.25. The Balaban J connectivity index is 2.57. The van der Waals surface area contributed by atoms with E-state index in [0.717, 1.165) is 18.8 Å². The van der Waals surface area contributed by atoms with Crippen molar-refractivity contribution in [2.45, 2.75) is 52.0 Å². The van der Waals surface area contributed by atoms with Gasteiger partial charge in [0.2, 0.25) is 0 Å². The molecule has 1 rings (SSSR count). The molecule has 88 valence electrons. The van der Waals surface area contributed by atoms with E-state index >= 15 is 0 Å². The van der Waals surface area contributed by atoms with Gasteiger partial charge in [-0.1, -0.05) is 26.2 Å². The van der Waals surface area contributed by atoms with Crippen molar-refractivity contribution in [2.24, 2.45) is 23.5 Å². The summed E-state index contributed by atoms with van der Waals surface area (Å²) in [4.78, 5) is 10.8. The highest BCUT2D eigenvalue weighted by molar-refractivity contribution is 5.67. The van der Waals surface area contributed by atoms with Gasteiger partial charge in [0, 0.05) is 12.5 Å². The van der Waals surface area contributed by atoms with Crippen molar-refractivity contribution in [3.63, 3.8) is 0 Å². The number of hydrogen-bond acceptors (Lipinski definition) is 2. The average molecular weight is 213 g/mol. The van der Waals surface area contributed by atoms with Crippen LogP contribution in [0, 0.1) is 17.8 Å². The standard InChI is InChI=1S/C12H23NO2/c1-8-4-3-5-10(6-8)11(9(2)13)7-12(14)15/h8-11H,3-7,13H2,1-2H3,(H,14,15). The van der Waals surface area contributed by atoms with Gasteiger partial charge in [-0.2, -0.15) is 0 Å². The number of nitrogens with two attached hydrogens (primary N) is 1. The zero-order valence-corrected chi connectivity index (χ0v) is 9.78. The molecule has 15 heavy (non-hydrogen) atoms. The van der Waals surface area contributed by atoms with Crippen molar-refractivity contribution in [1.29, 1.82) is 0 Å². The van der Waals surface area contributed by atoms with Gasteiger partial charge in [-0.25, -0.2) is 0 Å². The number of carboxylic acid groups (broad SMARTS) is 1. The minimum atomic E-state index is -0.712. The van der Waals surface area contributed by atoms with E-state index in [1.54, 1.807) is 0 Å². The van der Waals surface area contributed by atoms with Gasteiger partial charge in [0.15, 0.2) is 0 Å². The lowest BCUT2D eigenvalue weighted by atomic mass is 9.72. The fourth-order valence-electron chi connectivity index (χ4n) is 2.85. The molecule has 3 N–H and O–H groups in total. The summed E-state index contributed by atoms with van der Waals surface area (Å²) in [7, 11) is 0. The van der Waals surface area contributed by atoms with E-state index in [4.69, 9.17) is 10.8 Å². The summed E-state index contributed by atoms with van der Waals surface area (Å²) < 4.78 is 0. The lowest BCUT2D eigenvalue weighted by Crippen LogP contribution is -2.36. The van der Waals surface area contributed by atoms with Gasteiger partial charge in [0.05, 0.1) is 0 Å². The molecule has 0 aromatic rings. The van der Waals surface area contributed by atoms with Gasteiger partial charge in [0.1, 0.15) is 0 Å². The second kappa shape index (κ2) is 5.50. The lowest BCUT2D eigenvalue weighted by Gasteiger charge is -2.34. The molecule has 0 aliphatic heterocycles. The fourth-order valence-corrected chi connectivity index (χ4v) is 2.85. The molecule has 1 saturated carbocycles. The summed E-state index contributed by atoms with van der Waals surface area (Å²) in [5, 5.41) is 8.87. The Bertz CT molecular complexity index is 216. The molecule has 0 heterocycles. The first-order valence-electron chi connectivity index (χ1n) is 5.98. The van der Waals surface area contributed by atoms with E-state index in [1.807, 2.05) is 6.92 Å². The topological polar surface area (TPSA) is 63.3 Å². The van der Waals surface area contributed by atoms with E-state index in [-0.39, 0.29) is 18.4 Å². The summed E-state index contributed by atoms with van der Waals surface area (Å²) in [6, 6.07) is -0.00333. The maximum absolute atomic E-state index is 10.8. The Morgan fingerprint density at radius 3 is 2.67 bits per heavy atom. The van der Waals surface area contributed by atoms with Crippen LogP contribution in [0.3, 0.4) is 0 Å². The van der Waals surface area contributed by atoms with E-state index in [9.17, 15) is 4.79 Å². The summed E-state index contributed by atoms with van der Waals surface area (Å²) in [5.74, 6) is 0.699. The van der Waals surface area contributed by atoms with Crippen LogP contribution in [-0.4, -0.2) is 17.1 Å². The lowest BCUT2D eigenvalue weighted by molar-refractivity contribution is -0.139. The number of rotatable bonds is 4. The molecule has 0 saturated heterocycles. The van der Waals surface area contributed by atoms with Crippen molar-refractivity contribution in [3.05, 3.63) is 0 Å². The molecule has 0 amide bonds. The van der Waals surface area contributed by atoms with Crippen LogP contribution < -0.4 is 5.73 Å². The zero-order chi connectivity index (χ0) is 11.4. The Kier molecular flexibility index (Phi) is 4.58. The molecular formula is C12H23NO2. The first-order valence-corrected chi connectivity index (χ1v) is 5.98. The van der Waals surface area contributed by atoms with Crippen molar-refractivity contribution in [1.82, 2.24) is 0 Å². The molecule has 1 aliphatic carbocycles. The van der Waals surface area contributed by atoms with Crippen LogP contribution in [0.25, 0.3) is 0 Å². The minimum Gasteiger partial charge on any atom is -0.481 e. The molecule has 0 aromatic heterocycles. The van der Waals surface area contributed by atoms with Gasteiger partial charge in [-0.05, 0) is 31.1 Å². The van der Waals surface area contributed by atoms with Crippen molar-refractivity contribution >= 4 is 5.97 Å². The monoisotopic (exact) mass is 213 g/mol. The van der Waals surface area contributed by atoms with Crippen molar-refractivity contribution < 1.29 is 9.90 Å². The molecule has 1 aliphatic rings. The molecule has 3 nitrogen and oxygen atoms in total. The van der Waals surface area contributed by atoms with Crippen LogP contribution in [0.5, 0.6) is 0 Å². The predicted molar refractivity (Wildman–Crippen MR) is 60.5 cm³/mol. The van der Waals surface area contributed by atoms with Crippen LogP contribution >= 0.6 is 0 Å². The van der Waals surface area contributed by atoms with E-state index in [0.29, 0.717) is 5.92 Å². The molecule has 4 atom stereocenters. The molecule has 3 heteroatoms. The minimum absolute atomic E-state index is 0.00333. The third kappa shape index (κ3) is 3.82. The maximum atomic E-state index is 10.8. The SMILES string of the molecule is CC1CCCC(C(CC(=O)O)C(C)N)C1. The third-order valence-electron chi connectivity index (χ3n) is 3.67. The largest absolute Gasteiger partial charge is 0.481 e. The molecule has 1 fully saturated rings. The second-order valence-corrected chi connectivity index (χ2v) is 5.15. The normalized spacial score (nSPS) is 30.9. The molecule has 0 aromatic carbocycles. The second-order valence-electron chi connectivity index (χ2n) is 5.15.